The Morgan fingerprint density at radius 1 is 1.41 bits per heavy atom. The Hall–Kier alpha value is -0.960. The Morgan fingerprint density at radius 3 is 2.76 bits per heavy atom. The molecule has 3 heteroatoms. The van der Waals surface area contributed by atoms with Crippen LogP contribution in [0.3, 0.4) is 0 Å². The molecule has 0 saturated heterocycles. The normalized spacial score (nSPS) is 12.2. The Labute approximate surface area is 108 Å². The first-order valence-electron chi connectivity index (χ1n) is 5.93. The molecule has 0 aromatic heterocycles. The molecule has 0 aliphatic heterocycles. The smallest absolute Gasteiger partial charge is 0.338 e. The fourth-order valence-electron chi connectivity index (χ4n) is 1.44. The molecule has 1 atom stereocenters. The third-order valence-corrected chi connectivity index (χ3v) is 4.10. The van der Waals surface area contributed by atoms with Crippen molar-refractivity contribution >= 4 is 17.7 Å². The first-order chi connectivity index (χ1) is 8.19. The van der Waals surface area contributed by atoms with Gasteiger partial charge in [-0.15, -0.1) is 0 Å². The number of ether oxygens (including phenoxy) is 1. The summed E-state index contributed by atoms with van der Waals surface area (Å²) in [5, 5.41) is 0. The number of carbonyl (C=O) groups is 1. The van der Waals surface area contributed by atoms with Gasteiger partial charge in [0.1, 0.15) is 0 Å². The van der Waals surface area contributed by atoms with Crippen LogP contribution >= 0.6 is 11.8 Å². The highest BCUT2D eigenvalue weighted by Gasteiger charge is 2.10. The van der Waals surface area contributed by atoms with Gasteiger partial charge in [0.2, 0.25) is 0 Å². The highest BCUT2D eigenvalue weighted by atomic mass is 32.2. The van der Waals surface area contributed by atoms with Gasteiger partial charge >= 0.3 is 5.97 Å². The topological polar surface area (TPSA) is 26.3 Å². The zero-order valence-corrected chi connectivity index (χ0v) is 11.5. The molecule has 0 fully saturated rings. The van der Waals surface area contributed by atoms with Crippen LogP contribution in [0, 0.1) is 5.92 Å². The Morgan fingerprint density at radius 2 is 2.12 bits per heavy atom. The molecule has 0 saturated carbocycles. The second-order valence-corrected chi connectivity index (χ2v) is 5.21. The molecule has 0 amide bonds. The monoisotopic (exact) mass is 252 g/mol. The maximum atomic E-state index is 11.6. The number of esters is 1. The van der Waals surface area contributed by atoms with Crippen LogP contribution in [-0.4, -0.2) is 18.8 Å². The van der Waals surface area contributed by atoms with E-state index < -0.39 is 0 Å². The Balaban J connectivity index is 2.61. The number of thioether (sulfide) groups is 1. The van der Waals surface area contributed by atoms with Gasteiger partial charge in [0.25, 0.3) is 0 Å². The minimum Gasteiger partial charge on any atom is -0.465 e. The molecular weight excluding hydrogens is 232 g/mol. The van der Waals surface area contributed by atoms with Crippen molar-refractivity contribution < 1.29 is 9.53 Å². The third kappa shape index (κ3) is 4.43. The molecule has 0 aliphatic carbocycles. The van der Waals surface area contributed by atoms with Crippen molar-refractivity contribution in [2.24, 2.45) is 5.92 Å². The van der Waals surface area contributed by atoms with Gasteiger partial charge in [-0.1, -0.05) is 38.5 Å². The summed E-state index contributed by atoms with van der Waals surface area (Å²) in [6.07, 6.45) is 1.20. The van der Waals surface area contributed by atoms with Crippen LogP contribution in [-0.2, 0) is 10.5 Å². The van der Waals surface area contributed by atoms with Crippen LogP contribution < -0.4 is 0 Å². The van der Waals surface area contributed by atoms with Gasteiger partial charge in [-0.3, -0.25) is 0 Å². The van der Waals surface area contributed by atoms with E-state index in [0.717, 1.165) is 23.0 Å². The van der Waals surface area contributed by atoms with Crippen LogP contribution in [0.1, 0.15) is 36.2 Å². The number of hydrogen-bond donors (Lipinski definition) is 0. The fourth-order valence-corrected chi connectivity index (χ4v) is 2.67. The molecule has 94 valence electrons. The molecular formula is C14H20O2S. The largest absolute Gasteiger partial charge is 0.465 e. The number of rotatable bonds is 6. The van der Waals surface area contributed by atoms with Crippen LogP contribution in [0.2, 0.25) is 0 Å². The highest BCUT2D eigenvalue weighted by molar-refractivity contribution is 7.98. The predicted octanol–water partition coefficient (Wildman–Crippen LogP) is 3.75. The van der Waals surface area contributed by atoms with Crippen molar-refractivity contribution in [2.75, 3.05) is 12.9 Å². The SMILES string of the molecule is CCC(C)CSCc1ccccc1C(=O)OC. The number of benzene rings is 1. The third-order valence-electron chi connectivity index (χ3n) is 2.78. The van der Waals surface area contributed by atoms with Gasteiger partial charge in [-0.2, -0.15) is 11.8 Å². The molecule has 0 aliphatic rings. The molecule has 1 unspecified atom stereocenters. The first kappa shape index (κ1) is 14.1. The van der Waals surface area contributed by atoms with E-state index in [-0.39, 0.29) is 5.97 Å². The zero-order valence-electron chi connectivity index (χ0n) is 10.7. The summed E-state index contributed by atoms with van der Waals surface area (Å²) in [6, 6.07) is 7.65. The first-order valence-corrected chi connectivity index (χ1v) is 7.08. The minimum atomic E-state index is -0.246. The lowest BCUT2D eigenvalue weighted by molar-refractivity contribution is 0.0600. The molecule has 1 rings (SSSR count). The lowest BCUT2D eigenvalue weighted by Gasteiger charge is -2.10. The molecule has 1 aromatic carbocycles. The molecule has 1 aromatic rings. The second-order valence-electron chi connectivity index (χ2n) is 4.18. The fraction of sp³-hybridized carbons (Fsp3) is 0.500. The summed E-state index contributed by atoms with van der Waals surface area (Å²) in [5.74, 6) is 2.48. The Kier molecular flexibility index (Phi) is 6.12. The summed E-state index contributed by atoms with van der Waals surface area (Å²) in [4.78, 5) is 11.6. The van der Waals surface area contributed by atoms with Crippen molar-refractivity contribution in [1.29, 1.82) is 0 Å². The number of hydrogen-bond acceptors (Lipinski definition) is 3. The van der Waals surface area contributed by atoms with Crippen LogP contribution in [0.25, 0.3) is 0 Å². The molecule has 0 heterocycles. The molecule has 0 radical (unpaired) electrons. The maximum absolute atomic E-state index is 11.6. The van der Waals surface area contributed by atoms with Gasteiger partial charge in [-0.25, -0.2) is 4.79 Å². The van der Waals surface area contributed by atoms with E-state index in [1.165, 1.54) is 13.5 Å². The van der Waals surface area contributed by atoms with Gasteiger partial charge in [0.05, 0.1) is 12.7 Å². The van der Waals surface area contributed by atoms with Crippen molar-refractivity contribution in [3.63, 3.8) is 0 Å². The van der Waals surface area contributed by atoms with E-state index >= 15 is 0 Å². The van der Waals surface area contributed by atoms with Gasteiger partial charge in [-0.05, 0) is 23.3 Å². The quantitative estimate of drug-likeness (QED) is 0.721. The molecule has 2 nitrogen and oxygen atoms in total. The highest BCUT2D eigenvalue weighted by Crippen LogP contribution is 2.20. The van der Waals surface area contributed by atoms with E-state index in [0.29, 0.717) is 5.56 Å². The molecule has 0 bridgehead atoms. The van der Waals surface area contributed by atoms with Crippen LogP contribution in [0.15, 0.2) is 24.3 Å². The second kappa shape index (κ2) is 7.38. The summed E-state index contributed by atoms with van der Waals surface area (Å²) in [6.45, 7) is 4.45. The van der Waals surface area contributed by atoms with Gasteiger partial charge in [0, 0.05) is 5.75 Å². The van der Waals surface area contributed by atoms with E-state index in [1.807, 2.05) is 36.0 Å². The van der Waals surface area contributed by atoms with E-state index in [9.17, 15) is 4.79 Å². The van der Waals surface area contributed by atoms with Crippen molar-refractivity contribution in [3.8, 4) is 0 Å². The van der Waals surface area contributed by atoms with Crippen LogP contribution in [0.5, 0.6) is 0 Å². The Bertz CT molecular complexity index is 363. The summed E-state index contributed by atoms with van der Waals surface area (Å²) < 4.78 is 4.78. The lowest BCUT2D eigenvalue weighted by Crippen LogP contribution is -2.05. The van der Waals surface area contributed by atoms with E-state index in [1.54, 1.807) is 0 Å². The molecule has 0 N–H and O–H groups in total. The average Bonchev–Trinajstić information content (AvgIpc) is 2.38. The van der Waals surface area contributed by atoms with E-state index in [2.05, 4.69) is 13.8 Å². The zero-order chi connectivity index (χ0) is 12.7. The minimum absolute atomic E-state index is 0.246. The predicted molar refractivity (Wildman–Crippen MR) is 73.4 cm³/mol. The molecule has 0 spiro atoms. The van der Waals surface area contributed by atoms with Crippen molar-refractivity contribution in [2.45, 2.75) is 26.0 Å². The van der Waals surface area contributed by atoms with Gasteiger partial charge < -0.3 is 4.74 Å². The average molecular weight is 252 g/mol. The maximum Gasteiger partial charge on any atom is 0.338 e. The van der Waals surface area contributed by atoms with E-state index in [4.69, 9.17) is 4.74 Å². The van der Waals surface area contributed by atoms with Gasteiger partial charge in [0.15, 0.2) is 0 Å². The summed E-state index contributed by atoms with van der Waals surface area (Å²) >= 11 is 1.87. The summed E-state index contributed by atoms with van der Waals surface area (Å²) in [7, 11) is 1.42. The molecule has 17 heavy (non-hydrogen) atoms. The number of carbonyl (C=O) groups excluding carboxylic acids is 1. The lowest BCUT2D eigenvalue weighted by atomic mass is 10.1. The number of methoxy groups -OCH3 is 1. The van der Waals surface area contributed by atoms with Crippen molar-refractivity contribution in [1.82, 2.24) is 0 Å². The standard InChI is InChI=1S/C14H20O2S/c1-4-11(2)9-17-10-12-7-5-6-8-13(12)14(15)16-3/h5-8,11H,4,9-10H2,1-3H3. The van der Waals surface area contributed by atoms with Crippen molar-refractivity contribution in [3.05, 3.63) is 35.4 Å². The van der Waals surface area contributed by atoms with Crippen LogP contribution in [0.4, 0.5) is 0 Å². The summed E-state index contributed by atoms with van der Waals surface area (Å²) in [5.41, 5.74) is 1.75.